The molecule has 1 aliphatic rings. The van der Waals surface area contributed by atoms with Crippen LogP contribution in [0.2, 0.25) is 5.02 Å². The fourth-order valence-electron chi connectivity index (χ4n) is 3.45. The molecule has 5 heteroatoms. The van der Waals surface area contributed by atoms with E-state index in [1.54, 1.807) is 6.07 Å². The molecule has 0 aliphatic carbocycles. The van der Waals surface area contributed by atoms with Crippen LogP contribution in [0.5, 0.6) is 0 Å². The van der Waals surface area contributed by atoms with Crippen LogP contribution in [0.25, 0.3) is 10.9 Å². The molecule has 0 radical (unpaired) electrons. The highest BCUT2D eigenvalue weighted by Crippen LogP contribution is 2.27. The van der Waals surface area contributed by atoms with E-state index in [2.05, 4.69) is 20.9 Å². The van der Waals surface area contributed by atoms with Gasteiger partial charge in [-0.25, -0.2) is 4.98 Å². The molecular weight excluding hydrogens is 322 g/mol. The number of anilines is 1. The Hall–Kier alpha value is -2.33. The number of benzene rings is 2. The number of hydrogen-bond acceptors (Lipinski definition) is 3. The average Bonchev–Trinajstić information content (AvgIpc) is 3.05. The summed E-state index contributed by atoms with van der Waals surface area (Å²) in [7, 11) is 0. The molecule has 4 rings (SSSR count). The van der Waals surface area contributed by atoms with Gasteiger partial charge in [-0.3, -0.25) is 9.78 Å². The third-order valence-corrected chi connectivity index (χ3v) is 5.03. The van der Waals surface area contributed by atoms with Crippen molar-refractivity contribution in [3.05, 3.63) is 69.5 Å². The quantitative estimate of drug-likeness (QED) is 0.789. The molecule has 24 heavy (non-hydrogen) atoms. The topological polar surface area (TPSA) is 49.0 Å². The van der Waals surface area contributed by atoms with E-state index in [1.807, 2.05) is 36.4 Å². The Labute approximate surface area is 145 Å². The van der Waals surface area contributed by atoms with E-state index in [0.29, 0.717) is 17.4 Å². The molecular formula is C19H18ClN3O. The number of H-pyrrole nitrogens is 1. The van der Waals surface area contributed by atoms with Crippen LogP contribution in [-0.2, 0) is 6.42 Å². The van der Waals surface area contributed by atoms with Gasteiger partial charge < -0.3 is 4.90 Å². The lowest BCUT2D eigenvalue weighted by Gasteiger charge is -2.25. The van der Waals surface area contributed by atoms with Crippen molar-refractivity contribution >= 4 is 28.5 Å². The van der Waals surface area contributed by atoms with Crippen molar-refractivity contribution in [1.29, 1.82) is 0 Å². The summed E-state index contributed by atoms with van der Waals surface area (Å²) in [5, 5.41) is 1.42. The molecule has 1 unspecified atom stereocenters. The minimum atomic E-state index is -0.0843. The minimum absolute atomic E-state index is 0.0843. The van der Waals surface area contributed by atoms with Gasteiger partial charge in [0.25, 0.3) is 5.56 Å². The third-order valence-electron chi connectivity index (χ3n) is 4.66. The monoisotopic (exact) mass is 339 g/mol. The van der Waals surface area contributed by atoms with Crippen LogP contribution < -0.4 is 10.5 Å². The summed E-state index contributed by atoms with van der Waals surface area (Å²) in [6.45, 7) is 0.899. The lowest BCUT2D eigenvalue weighted by molar-refractivity contribution is 0.651. The van der Waals surface area contributed by atoms with Crippen LogP contribution in [-0.4, -0.2) is 22.6 Å². The second-order valence-corrected chi connectivity index (χ2v) is 6.60. The summed E-state index contributed by atoms with van der Waals surface area (Å²) < 4.78 is 0. The van der Waals surface area contributed by atoms with Gasteiger partial charge in [0.2, 0.25) is 5.95 Å². The van der Waals surface area contributed by atoms with Crippen LogP contribution >= 0.6 is 11.6 Å². The molecule has 1 fully saturated rings. The highest BCUT2D eigenvalue weighted by Gasteiger charge is 2.27. The van der Waals surface area contributed by atoms with Gasteiger partial charge >= 0.3 is 0 Å². The number of halogens is 1. The van der Waals surface area contributed by atoms with E-state index < -0.39 is 0 Å². The van der Waals surface area contributed by atoms with Crippen molar-refractivity contribution in [2.75, 3.05) is 11.4 Å². The molecule has 1 aliphatic heterocycles. The summed E-state index contributed by atoms with van der Waals surface area (Å²) in [6.07, 6.45) is 3.02. The van der Waals surface area contributed by atoms with E-state index in [1.165, 1.54) is 0 Å². The highest BCUT2D eigenvalue weighted by atomic mass is 35.5. The standard InChI is InChI=1S/C19H18ClN3O/c20-16-9-3-1-6-13(16)12-14-7-5-11-23(14)19-21-17-10-4-2-8-15(17)18(24)22-19/h1-4,6,8-10,14H,5,7,11-12H2,(H,21,22,24). The zero-order valence-corrected chi connectivity index (χ0v) is 14.0. The van der Waals surface area contributed by atoms with Crippen LogP contribution in [0.1, 0.15) is 18.4 Å². The second-order valence-electron chi connectivity index (χ2n) is 6.19. The maximum atomic E-state index is 12.3. The van der Waals surface area contributed by atoms with Gasteiger partial charge in [0.1, 0.15) is 0 Å². The zero-order valence-electron chi connectivity index (χ0n) is 13.2. The number of para-hydroxylation sites is 1. The van der Waals surface area contributed by atoms with Crippen LogP contribution in [0.15, 0.2) is 53.3 Å². The second kappa shape index (κ2) is 6.29. The molecule has 0 bridgehead atoms. The molecule has 1 atom stereocenters. The normalized spacial score (nSPS) is 17.5. The molecule has 122 valence electrons. The fraction of sp³-hybridized carbons (Fsp3) is 0.263. The number of nitrogens with one attached hydrogen (secondary N) is 1. The first-order valence-electron chi connectivity index (χ1n) is 8.21. The van der Waals surface area contributed by atoms with E-state index in [0.717, 1.165) is 41.9 Å². The van der Waals surface area contributed by atoms with Crippen molar-refractivity contribution in [2.45, 2.75) is 25.3 Å². The van der Waals surface area contributed by atoms with Gasteiger partial charge in [-0.2, -0.15) is 0 Å². The Kier molecular flexibility index (Phi) is 3.98. The van der Waals surface area contributed by atoms with Crippen molar-refractivity contribution in [2.24, 2.45) is 0 Å². The van der Waals surface area contributed by atoms with E-state index in [4.69, 9.17) is 11.6 Å². The van der Waals surface area contributed by atoms with Crippen molar-refractivity contribution in [3.63, 3.8) is 0 Å². The Bertz CT molecular complexity index is 937. The Morgan fingerprint density at radius 3 is 2.83 bits per heavy atom. The molecule has 2 aromatic carbocycles. The Morgan fingerprint density at radius 1 is 1.17 bits per heavy atom. The average molecular weight is 340 g/mol. The predicted molar refractivity (Wildman–Crippen MR) is 97.9 cm³/mol. The number of fused-ring (bicyclic) bond motifs is 1. The van der Waals surface area contributed by atoms with Crippen molar-refractivity contribution < 1.29 is 0 Å². The largest absolute Gasteiger partial charge is 0.339 e. The molecule has 3 aromatic rings. The van der Waals surface area contributed by atoms with Gasteiger partial charge in [0.15, 0.2) is 0 Å². The molecule has 0 amide bonds. The lowest BCUT2D eigenvalue weighted by Crippen LogP contribution is -2.34. The molecule has 0 saturated carbocycles. The molecule has 4 nitrogen and oxygen atoms in total. The lowest BCUT2D eigenvalue weighted by atomic mass is 10.0. The first kappa shape index (κ1) is 15.2. The van der Waals surface area contributed by atoms with Crippen molar-refractivity contribution in [1.82, 2.24) is 9.97 Å². The van der Waals surface area contributed by atoms with Crippen molar-refractivity contribution in [3.8, 4) is 0 Å². The van der Waals surface area contributed by atoms with Gasteiger partial charge in [-0.05, 0) is 43.0 Å². The van der Waals surface area contributed by atoms with Gasteiger partial charge in [0.05, 0.1) is 10.9 Å². The smallest absolute Gasteiger partial charge is 0.260 e. The summed E-state index contributed by atoms with van der Waals surface area (Å²) >= 11 is 6.31. The van der Waals surface area contributed by atoms with Crippen LogP contribution in [0.4, 0.5) is 5.95 Å². The van der Waals surface area contributed by atoms with Crippen LogP contribution in [0, 0.1) is 0 Å². The molecule has 0 spiro atoms. The van der Waals surface area contributed by atoms with E-state index in [-0.39, 0.29) is 5.56 Å². The van der Waals surface area contributed by atoms with E-state index >= 15 is 0 Å². The molecule has 1 N–H and O–H groups in total. The summed E-state index contributed by atoms with van der Waals surface area (Å²) in [5.41, 5.74) is 1.79. The SMILES string of the molecule is O=c1[nH]c(N2CCCC2Cc2ccccc2Cl)nc2ccccc12. The molecule has 1 aromatic heterocycles. The maximum Gasteiger partial charge on any atom is 0.260 e. The van der Waals surface area contributed by atoms with Gasteiger partial charge in [-0.1, -0.05) is 41.9 Å². The van der Waals surface area contributed by atoms with E-state index in [9.17, 15) is 4.79 Å². The summed E-state index contributed by atoms with van der Waals surface area (Å²) in [6, 6.07) is 15.7. The third kappa shape index (κ3) is 2.78. The molecule has 2 heterocycles. The number of hydrogen-bond donors (Lipinski definition) is 1. The number of rotatable bonds is 3. The minimum Gasteiger partial charge on any atom is -0.339 e. The number of aromatic amines is 1. The van der Waals surface area contributed by atoms with Gasteiger partial charge in [0, 0.05) is 17.6 Å². The fourth-order valence-corrected chi connectivity index (χ4v) is 3.67. The first-order valence-corrected chi connectivity index (χ1v) is 8.59. The Balaban J connectivity index is 1.68. The predicted octanol–water partition coefficient (Wildman–Crippen LogP) is 3.79. The Morgan fingerprint density at radius 2 is 1.96 bits per heavy atom. The van der Waals surface area contributed by atoms with Crippen LogP contribution in [0.3, 0.4) is 0 Å². The zero-order chi connectivity index (χ0) is 16.5. The number of aromatic nitrogens is 2. The van der Waals surface area contributed by atoms with Gasteiger partial charge in [-0.15, -0.1) is 0 Å². The summed E-state index contributed by atoms with van der Waals surface area (Å²) in [5.74, 6) is 0.660. The summed E-state index contributed by atoms with van der Waals surface area (Å²) in [4.78, 5) is 22.2. The maximum absolute atomic E-state index is 12.3. The molecule has 1 saturated heterocycles. The first-order chi connectivity index (χ1) is 11.7. The number of nitrogens with zero attached hydrogens (tertiary/aromatic N) is 2. The highest BCUT2D eigenvalue weighted by molar-refractivity contribution is 6.31.